The van der Waals surface area contributed by atoms with Gasteiger partial charge in [-0.25, -0.2) is 9.97 Å². The molecule has 1 saturated carbocycles. The number of carbonyl (C=O) groups is 1. The summed E-state index contributed by atoms with van der Waals surface area (Å²) in [5.74, 6) is 0.898. The second-order valence-corrected chi connectivity index (χ2v) is 6.11. The molecule has 1 aromatic rings. The lowest BCUT2D eigenvalue weighted by Crippen LogP contribution is -2.47. The first-order chi connectivity index (χ1) is 9.98. The molecule has 1 aliphatic rings. The standard InChI is InChI=1S/C15H24N4O2/c1-12-5-3-6-15(21,9-12)11-18-13(20)10-19(2)14-16-7-4-8-17-14/h4,7-8,12,21H,3,5-6,9-11H2,1-2H3,(H,18,20). The molecule has 2 atom stereocenters. The Morgan fingerprint density at radius 3 is 2.90 bits per heavy atom. The summed E-state index contributed by atoms with van der Waals surface area (Å²) in [4.78, 5) is 21.8. The third-order valence-electron chi connectivity index (χ3n) is 3.96. The first-order valence-electron chi connectivity index (χ1n) is 7.46. The van der Waals surface area contributed by atoms with Crippen LogP contribution in [0.2, 0.25) is 0 Å². The molecule has 116 valence electrons. The average molecular weight is 292 g/mol. The Hall–Kier alpha value is -1.69. The largest absolute Gasteiger partial charge is 0.388 e. The van der Waals surface area contributed by atoms with Crippen molar-refractivity contribution in [2.45, 2.75) is 38.2 Å². The number of nitrogens with one attached hydrogen (secondary N) is 1. The maximum absolute atomic E-state index is 12.0. The SMILES string of the molecule is CC1CCCC(O)(CNC(=O)CN(C)c2ncccn2)C1. The lowest BCUT2D eigenvalue weighted by atomic mass is 9.79. The topological polar surface area (TPSA) is 78.4 Å². The highest BCUT2D eigenvalue weighted by molar-refractivity contribution is 5.80. The van der Waals surface area contributed by atoms with Crippen molar-refractivity contribution in [3.05, 3.63) is 18.5 Å². The Morgan fingerprint density at radius 1 is 1.52 bits per heavy atom. The zero-order valence-electron chi connectivity index (χ0n) is 12.7. The van der Waals surface area contributed by atoms with E-state index in [1.54, 1.807) is 30.4 Å². The van der Waals surface area contributed by atoms with E-state index in [2.05, 4.69) is 22.2 Å². The normalized spacial score (nSPS) is 25.4. The van der Waals surface area contributed by atoms with Crippen molar-refractivity contribution in [3.63, 3.8) is 0 Å². The highest BCUT2D eigenvalue weighted by Crippen LogP contribution is 2.31. The molecular formula is C15H24N4O2. The van der Waals surface area contributed by atoms with E-state index in [0.29, 0.717) is 18.4 Å². The fraction of sp³-hybridized carbons (Fsp3) is 0.667. The van der Waals surface area contributed by atoms with E-state index in [0.717, 1.165) is 25.7 Å². The van der Waals surface area contributed by atoms with Gasteiger partial charge in [0.1, 0.15) is 0 Å². The Balaban J connectivity index is 1.79. The van der Waals surface area contributed by atoms with E-state index < -0.39 is 5.60 Å². The number of likely N-dealkylation sites (N-methyl/N-ethyl adjacent to an activating group) is 1. The van der Waals surface area contributed by atoms with Crippen LogP contribution in [-0.2, 0) is 4.79 Å². The van der Waals surface area contributed by atoms with Gasteiger partial charge in [-0.3, -0.25) is 4.79 Å². The van der Waals surface area contributed by atoms with Crippen molar-refractivity contribution in [2.75, 3.05) is 25.0 Å². The Kier molecular flexibility index (Phi) is 5.12. The number of amides is 1. The van der Waals surface area contributed by atoms with Crippen molar-refractivity contribution in [3.8, 4) is 0 Å². The lowest BCUT2D eigenvalue weighted by Gasteiger charge is -2.35. The molecule has 1 amide bonds. The Bertz CT molecular complexity index is 468. The van der Waals surface area contributed by atoms with Crippen LogP contribution in [0.4, 0.5) is 5.95 Å². The van der Waals surface area contributed by atoms with Crippen molar-refractivity contribution < 1.29 is 9.90 Å². The number of rotatable bonds is 5. The first kappa shape index (κ1) is 15.7. The number of aromatic nitrogens is 2. The summed E-state index contributed by atoms with van der Waals surface area (Å²) in [6.07, 6.45) is 6.97. The van der Waals surface area contributed by atoms with E-state index >= 15 is 0 Å². The third kappa shape index (κ3) is 4.67. The zero-order chi connectivity index (χ0) is 15.3. The predicted molar refractivity (Wildman–Crippen MR) is 80.9 cm³/mol. The van der Waals surface area contributed by atoms with E-state index in [-0.39, 0.29) is 12.5 Å². The third-order valence-corrected chi connectivity index (χ3v) is 3.96. The molecule has 0 bridgehead atoms. The molecule has 2 rings (SSSR count). The fourth-order valence-electron chi connectivity index (χ4n) is 2.89. The van der Waals surface area contributed by atoms with Gasteiger partial charge < -0.3 is 15.3 Å². The quantitative estimate of drug-likeness (QED) is 0.845. The Labute approximate surface area is 125 Å². The number of aliphatic hydroxyl groups is 1. The summed E-state index contributed by atoms with van der Waals surface area (Å²) < 4.78 is 0. The number of nitrogens with zero attached hydrogens (tertiary/aromatic N) is 3. The zero-order valence-corrected chi connectivity index (χ0v) is 12.7. The van der Waals surface area contributed by atoms with E-state index in [1.807, 2.05) is 0 Å². The van der Waals surface area contributed by atoms with Crippen LogP contribution >= 0.6 is 0 Å². The maximum atomic E-state index is 12.0. The average Bonchev–Trinajstić information content (AvgIpc) is 2.46. The lowest BCUT2D eigenvalue weighted by molar-refractivity contribution is -0.121. The molecular weight excluding hydrogens is 268 g/mol. The van der Waals surface area contributed by atoms with Gasteiger partial charge in [-0.15, -0.1) is 0 Å². The van der Waals surface area contributed by atoms with Crippen LogP contribution in [0.5, 0.6) is 0 Å². The monoisotopic (exact) mass is 292 g/mol. The molecule has 6 heteroatoms. The minimum Gasteiger partial charge on any atom is -0.388 e. The summed E-state index contributed by atoms with van der Waals surface area (Å²) in [6.45, 7) is 2.64. The minimum atomic E-state index is -0.755. The molecule has 1 aliphatic carbocycles. The number of hydrogen-bond donors (Lipinski definition) is 2. The highest BCUT2D eigenvalue weighted by atomic mass is 16.3. The first-order valence-corrected chi connectivity index (χ1v) is 7.46. The van der Waals surface area contributed by atoms with Crippen LogP contribution in [0, 0.1) is 5.92 Å². The molecule has 0 saturated heterocycles. The molecule has 1 heterocycles. The second-order valence-electron chi connectivity index (χ2n) is 6.11. The number of hydrogen-bond acceptors (Lipinski definition) is 5. The van der Waals surface area contributed by atoms with Gasteiger partial charge in [0.05, 0.1) is 12.1 Å². The molecule has 0 spiro atoms. The molecule has 0 aliphatic heterocycles. The summed E-state index contributed by atoms with van der Waals surface area (Å²) in [5, 5.41) is 13.3. The smallest absolute Gasteiger partial charge is 0.239 e. The maximum Gasteiger partial charge on any atom is 0.239 e. The molecule has 1 aromatic heterocycles. The number of anilines is 1. The van der Waals surface area contributed by atoms with Gasteiger partial charge in [0.2, 0.25) is 11.9 Å². The molecule has 1 fully saturated rings. The highest BCUT2D eigenvalue weighted by Gasteiger charge is 2.32. The molecule has 21 heavy (non-hydrogen) atoms. The molecule has 0 radical (unpaired) electrons. The Morgan fingerprint density at radius 2 is 2.24 bits per heavy atom. The molecule has 2 N–H and O–H groups in total. The van der Waals surface area contributed by atoms with Gasteiger partial charge in [0, 0.05) is 26.0 Å². The summed E-state index contributed by atoms with van der Waals surface area (Å²) in [6, 6.07) is 1.73. The van der Waals surface area contributed by atoms with Crippen molar-refractivity contribution in [1.82, 2.24) is 15.3 Å². The van der Waals surface area contributed by atoms with Crippen molar-refractivity contribution in [2.24, 2.45) is 5.92 Å². The van der Waals surface area contributed by atoms with Crippen LogP contribution in [0.15, 0.2) is 18.5 Å². The summed E-state index contributed by atoms with van der Waals surface area (Å²) in [5.41, 5.74) is -0.755. The molecule has 6 nitrogen and oxygen atoms in total. The van der Waals surface area contributed by atoms with E-state index in [4.69, 9.17) is 0 Å². The summed E-state index contributed by atoms with van der Waals surface area (Å²) in [7, 11) is 1.77. The fourth-order valence-corrected chi connectivity index (χ4v) is 2.89. The van der Waals surface area contributed by atoms with Crippen LogP contribution in [0.25, 0.3) is 0 Å². The van der Waals surface area contributed by atoms with Gasteiger partial charge in [-0.05, 0) is 24.8 Å². The van der Waals surface area contributed by atoms with Crippen molar-refractivity contribution >= 4 is 11.9 Å². The number of carbonyl (C=O) groups excluding carboxylic acids is 1. The second kappa shape index (κ2) is 6.85. The molecule has 0 aromatic carbocycles. The minimum absolute atomic E-state index is 0.128. The van der Waals surface area contributed by atoms with Crippen LogP contribution in [0.3, 0.4) is 0 Å². The van der Waals surface area contributed by atoms with E-state index in [9.17, 15) is 9.90 Å². The van der Waals surface area contributed by atoms with Crippen LogP contribution < -0.4 is 10.2 Å². The van der Waals surface area contributed by atoms with E-state index in [1.165, 1.54) is 0 Å². The van der Waals surface area contributed by atoms with Crippen LogP contribution in [0.1, 0.15) is 32.6 Å². The van der Waals surface area contributed by atoms with Gasteiger partial charge in [0.25, 0.3) is 0 Å². The van der Waals surface area contributed by atoms with Crippen LogP contribution in [-0.4, -0.2) is 46.7 Å². The van der Waals surface area contributed by atoms with Gasteiger partial charge in [0.15, 0.2) is 0 Å². The van der Waals surface area contributed by atoms with Gasteiger partial charge in [-0.1, -0.05) is 19.8 Å². The predicted octanol–water partition coefficient (Wildman–Crippen LogP) is 0.970. The summed E-state index contributed by atoms with van der Waals surface area (Å²) >= 11 is 0. The van der Waals surface area contributed by atoms with Crippen molar-refractivity contribution in [1.29, 1.82) is 0 Å². The van der Waals surface area contributed by atoms with Gasteiger partial charge in [-0.2, -0.15) is 0 Å². The molecule has 2 unspecified atom stereocenters. The van der Waals surface area contributed by atoms with Gasteiger partial charge >= 0.3 is 0 Å².